The maximum absolute atomic E-state index is 11.6. The predicted octanol–water partition coefficient (Wildman–Crippen LogP) is 2.41. The number of hydrogen-bond acceptors (Lipinski definition) is 3. The molecule has 0 amide bonds. The largest absolute Gasteiger partial charge is 0.496 e. The average Bonchev–Trinajstić information content (AvgIpc) is 2.28. The van der Waals surface area contributed by atoms with E-state index < -0.39 is 10.0 Å². The molecule has 0 bridgehead atoms. The lowest BCUT2D eigenvalue weighted by atomic mass is 10.1. The van der Waals surface area contributed by atoms with Crippen LogP contribution in [0.2, 0.25) is 0 Å². The van der Waals surface area contributed by atoms with Crippen molar-refractivity contribution in [3.05, 3.63) is 23.8 Å². The van der Waals surface area contributed by atoms with Crippen LogP contribution in [0.25, 0.3) is 0 Å². The highest BCUT2D eigenvalue weighted by Gasteiger charge is 2.10. The number of hydrogen-bond donors (Lipinski definition) is 1. The van der Waals surface area contributed by atoms with Gasteiger partial charge in [-0.25, -0.2) is 8.42 Å². The molecule has 96 valence electrons. The van der Waals surface area contributed by atoms with Crippen molar-refractivity contribution < 1.29 is 13.2 Å². The van der Waals surface area contributed by atoms with E-state index in [1.807, 2.05) is 19.9 Å². The zero-order valence-electron chi connectivity index (χ0n) is 10.5. The molecule has 0 aliphatic rings. The SMILES string of the molecule is CCCS(=O)(=O)Nc1ccc(OC)c(CC)c1. The van der Waals surface area contributed by atoms with E-state index in [0.717, 1.165) is 17.7 Å². The monoisotopic (exact) mass is 257 g/mol. The molecule has 1 aromatic carbocycles. The molecule has 0 aromatic heterocycles. The molecular formula is C12H19NO3S. The molecule has 0 saturated heterocycles. The van der Waals surface area contributed by atoms with E-state index in [2.05, 4.69) is 4.72 Å². The Morgan fingerprint density at radius 3 is 2.53 bits per heavy atom. The fourth-order valence-corrected chi connectivity index (χ4v) is 2.74. The number of benzene rings is 1. The summed E-state index contributed by atoms with van der Waals surface area (Å²) in [4.78, 5) is 0. The Bertz CT molecular complexity index is 469. The molecule has 5 heteroatoms. The number of aryl methyl sites for hydroxylation is 1. The van der Waals surface area contributed by atoms with Crippen molar-refractivity contribution in [2.45, 2.75) is 26.7 Å². The van der Waals surface area contributed by atoms with Crippen LogP contribution in [0.15, 0.2) is 18.2 Å². The highest BCUT2D eigenvalue weighted by atomic mass is 32.2. The summed E-state index contributed by atoms with van der Waals surface area (Å²) < 4.78 is 31.0. The summed E-state index contributed by atoms with van der Waals surface area (Å²) in [6, 6.07) is 5.31. The van der Waals surface area contributed by atoms with E-state index in [9.17, 15) is 8.42 Å². The molecule has 0 atom stereocenters. The summed E-state index contributed by atoms with van der Waals surface area (Å²) in [6.07, 6.45) is 1.40. The van der Waals surface area contributed by atoms with Crippen molar-refractivity contribution in [1.82, 2.24) is 0 Å². The second kappa shape index (κ2) is 5.91. The maximum atomic E-state index is 11.6. The van der Waals surface area contributed by atoms with Gasteiger partial charge in [0.05, 0.1) is 12.9 Å². The summed E-state index contributed by atoms with van der Waals surface area (Å²) in [5, 5.41) is 0. The van der Waals surface area contributed by atoms with Gasteiger partial charge < -0.3 is 4.74 Å². The van der Waals surface area contributed by atoms with Crippen molar-refractivity contribution in [2.75, 3.05) is 17.6 Å². The van der Waals surface area contributed by atoms with E-state index >= 15 is 0 Å². The fraction of sp³-hybridized carbons (Fsp3) is 0.500. The summed E-state index contributed by atoms with van der Waals surface area (Å²) in [5.41, 5.74) is 1.58. The molecular weight excluding hydrogens is 238 g/mol. The van der Waals surface area contributed by atoms with Crippen molar-refractivity contribution in [1.29, 1.82) is 0 Å². The van der Waals surface area contributed by atoms with Crippen LogP contribution >= 0.6 is 0 Å². The van der Waals surface area contributed by atoms with Crippen LogP contribution < -0.4 is 9.46 Å². The van der Waals surface area contributed by atoms with E-state index in [4.69, 9.17) is 4.74 Å². The van der Waals surface area contributed by atoms with Crippen molar-refractivity contribution in [3.8, 4) is 5.75 Å². The molecule has 0 aliphatic heterocycles. The second-order valence-corrected chi connectivity index (χ2v) is 5.64. The van der Waals surface area contributed by atoms with Gasteiger partial charge in [0.2, 0.25) is 10.0 Å². The normalized spacial score (nSPS) is 11.2. The smallest absolute Gasteiger partial charge is 0.232 e. The van der Waals surface area contributed by atoms with Gasteiger partial charge in [-0.1, -0.05) is 13.8 Å². The lowest BCUT2D eigenvalue weighted by Crippen LogP contribution is -2.16. The number of nitrogens with one attached hydrogen (secondary N) is 1. The molecule has 1 aromatic rings. The third-order valence-electron chi connectivity index (χ3n) is 2.41. The molecule has 0 saturated carbocycles. The third-order valence-corrected chi connectivity index (χ3v) is 3.90. The fourth-order valence-electron chi connectivity index (χ4n) is 1.62. The molecule has 0 unspecified atom stereocenters. The minimum absolute atomic E-state index is 0.139. The first-order valence-electron chi connectivity index (χ1n) is 5.69. The highest BCUT2D eigenvalue weighted by molar-refractivity contribution is 7.92. The van der Waals surface area contributed by atoms with E-state index in [0.29, 0.717) is 12.1 Å². The predicted molar refractivity (Wildman–Crippen MR) is 70.1 cm³/mol. The Morgan fingerprint density at radius 2 is 2.00 bits per heavy atom. The first kappa shape index (κ1) is 13.8. The molecule has 1 rings (SSSR count). The Balaban J connectivity index is 2.93. The summed E-state index contributed by atoms with van der Waals surface area (Å²) in [7, 11) is -1.61. The summed E-state index contributed by atoms with van der Waals surface area (Å²) in [5.74, 6) is 0.923. The third kappa shape index (κ3) is 3.93. The summed E-state index contributed by atoms with van der Waals surface area (Å²) >= 11 is 0. The van der Waals surface area contributed by atoms with Crippen molar-refractivity contribution in [3.63, 3.8) is 0 Å². The van der Waals surface area contributed by atoms with Gasteiger partial charge in [-0.3, -0.25) is 4.72 Å². The molecule has 1 N–H and O–H groups in total. The first-order valence-corrected chi connectivity index (χ1v) is 7.35. The number of ether oxygens (including phenoxy) is 1. The average molecular weight is 257 g/mol. The van der Waals surface area contributed by atoms with Crippen molar-refractivity contribution >= 4 is 15.7 Å². The Kier molecular flexibility index (Phi) is 4.81. The van der Waals surface area contributed by atoms with E-state index in [-0.39, 0.29) is 5.75 Å². The van der Waals surface area contributed by atoms with E-state index in [1.165, 1.54) is 0 Å². The second-order valence-electron chi connectivity index (χ2n) is 3.80. The minimum Gasteiger partial charge on any atom is -0.496 e. The van der Waals surface area contributed by atoms with Crippen LogP contribution in [0.3, 0.4) is 0 Å². The number of anilines is 1. The maximum Gasteiger partial charge on any atom is 0.232 e. The molecule has 0 aliphatic carbocycles. The van der Waals surface area contributed by atoms with Crippen LogP contribution in [0.1, 0.15) is 25.8 Å². The number of methoxy groups -OCH3 is 1. The highest BCUT2D eigenvalue weighted by Crippen LogP contribution is 2.23. The van der Waals surface area contributed by atoms with Crippen LogP contribution in [0.4, 0.5) is 5.69 Å². The molecule has 0 radical (unpaired) electrons. The van der Waals surface area contributed by atoms with Gasteiger partial charge in [-0.2, -0.15) is 0 Å². The van der Waals surface area contributed by atoms with Crippen LogP contribution in [-0.4, -0.2) is 21.3 Å². The quantitative estimate of drug-likeness (QED) is 0.851. The Labute approximate surface area is 103 Å². The van der Waals surface area contributed by atoms with Crippen LogP contribution in [0.5, 0.6) is 5.75 Å². The Morgan fingerprint density at radius 1 is 1.29 bits per heavy atom. The Hall–Kier alpha value is -1.23. The topological polar surface area (TPSA) is 55.4 Å². The number of sulfonamides is 1. The summed E-state index contributed by atoms with van der Waals surface area (Å²) in [6.45, 7) is 3.84. The number of rotatable bonds is 6. The zero-order chi connectivity index (χ0) is 12.9. The van der Waals surface area contributed by atoms with Gasteiger partial charge >= 0.3 is 0 Å². The molecule has 0 heterocycles. The molecule has 0 spiro atoms. The van der Waals surface area contributed by atoms with Gasteiger partial charge in [-0.05, 0) is 36.6 Å². The van der Waals surface area contributed by atoms with Crippen LogP contribution in [-0.2, 0) is 16.4 Å². The molecule has 17 heavy (non-hydrogen) atoms. The van der Waals surface area contributed by atoms with Crippen molar-refractivity contribution in [2.24, 2.45) is 0 Å². The first-order chi connectivity index (χ1) is 8.02. The van der Waals surface area contributed by atoms with Gasteiger partial charge in [-0.15, -0.1) is 0 Å². The van der Waals surface area contributed by atoms with Crippen LogP contribution in [0, 0.1) is 0 Å². The van der Waals surface area contributed by atoms with Gasteiger partial charge in [0, 0.05) is 5.69 Å². The van der Waals surface area contributed by atoms with Gasteiger partial charge in [0.15, 0.2) is 0 Å². The zero-order valence-corrected chi connectivity index (χ0v) is 11.3. The lowest BCUT2D eigenvalue weighted by Gasteiger charge is -2.11. The standard InChI is InChI=1S/C12H19NO3S/c1-4-8-17(14,15)13-11-6-7-12(16-3)10(5-2)9-11/h6-7,9,13H,4-5,8H2,1-3H3. The lowest BCUT2D eigenvalue weighted by molar-refractivity contribution is 0.410. The minimum atomic E-state index is -3.22. The van der Waals surface area contributed by atoms with Gasteiger partial charge in [0.25, 0.3) is 0 Å². The van der Waals surface area contributed by atoms with E-state index in [1.54, 1.807) is 19.2 Å². The van der Waals surface area contributed by atoms with Gasteiger partial charge in [0.1, 0.15) is 5.75 Å². The molecule has 4 nitrogen and oxygen atoms in total. The molecule has 0 fully saturated rings.